The van der Waals surface area contributed by atoms with Crippen LogP contribution in [0, 0.1) is 13.8 Å². The molecular weight excluding hydrogens is 252 g/mol. The summed E-state index contributed by atoms with van der Waals surface area (Å²) < 4.78 is 10.8. The SMILES string of the molecule is CNc1ncnc(Sc2nc(C)c(C)o2)c1OC. The standard InChI is InChI=1S/C11H14N4O2S/c1-6-7(2)17-11(15-6)18-10-8(16-4)9(12-3)13-5-14-10/h5H,1-4H3,(H,12,13,14). The predicted molar refractivity (Wildman–Crippen MR) is 68.2 cm³/mol. The molecule has 7 heteroatoms. The lowest BCUT2D eigenvalue weighted by Crippen LogP contribution is -1.99. The van der Waals surface area contributed by atoms with E-state index < -0.39 is 0 Å². The third-order valence-corrected chi connectivity index (χ3v) is 3.24. The smallest absolute Gasteiger partial charge is 0.262 e. The van der Waals surface area contributed by atoms with Crippen LogP contribution in [-0.4, -0.2) is 29.1 Å². The fraction of sp³-hybridized carbons (Fsp3) is 0.364. The number of hydrogen-bond acceptors (Lipinski definition) is 7. The molecule has 0 aliphatic rings. The highest BCUT2D eigenvalue weighted by atomic mass is 32.2. The summed E-state index contributed by atoms with van der Waals surface area (Å²) in [5, 5.41) is 4.16. The number of methoxy groups -OCH3 is 1. The topological polar surface area (TPSA) is 73.1 Å². The van der Waals surface area contributed by atoms with Crippen molar-refractivity contribution in [3.8, 4) is 5.75 Å². The molecule has 0 fully saturated rings. The molecule has 0 radical (unpaired) electrons. The molecule has 1 N–H and O–H groups in total. The molecular formula is C11H14N4O2S. The molecule has 0 aliphatic heterocycles. The maximum atomic E-state index is 5.51. The second-order valence-corrected chi connectivity index (χ2v) is 4.47. The van der Waals surface area contributed by atoms with E-state index in [1.807, 2.05) is 13.8 Å². The minimum absolute atomic E-state index is 0.545. The van der Waals surface area contributed by atoms with Gasteiger partial charge in [0.1, 0.15) is 12.1 Å². The molecule has 0 saturated heterocycles. The molecule has 6 nitrogen and oxygen atoms in total. The number of ether oxygens (including phenoxy) is 1. The van der Waals surface area contributed by atoms with Crippen LogP contribution in [0.1, 0.15) is 11.5 Å². The Bertz CT molecular complexity index is 536. The van der Waals surface area contributed by atoms with Gasteiger partial charge in [-0.05, 0) is 25.6 Å². The van der Waals surface area contributed by atoms with E-state index in [1.165, 1.54) is 18.1 Å². The van der Waals surface area contributed by atoms with Gasteiger partial charge in [-0.3, -0.25) is 0 Å². The minimum Gasteiger partial charge on any atom is -0.490 e. The van der Waals surface area contributed by atoms with Crippen molar-refractivity contribution in [3.05, 3.63) is 17.8 Å². The minimum atomic E-state index is 0.545. The summed E-state index contributed by atoms with van der Waals surface area (Å²) in [7, 11) is 3.36. The molecule has 0 atom stereocenters. The van der Waals surface area contributed by atoms with Crippen LogP contribution >= 0.6 is 11.8 Å². The van der Waals surface area contributed by atoms with Crippen molar-refractivity contribution < 1.29 is 9.15 Å². The lowest BCUT2D eigenvalue weighted by atomic mass is 10.4. The van der Waals surface area contributed by atoms with E-state index in [4.69, 9.17) is 9.15 Å². The number of rotatable bonds is 4. The van der Waals surface area contributed by atoms with Gasteiger partial charge in [-0.2, -0.15) is 0 Å². The first-order valence-electron chi connectivity index (χ1n) is 5.34. The average Bonchev–Trinajstić information content (AvgIpc) is 2.68. The molecule has 96 valence electrons. The van der Waals surface area contributed by atoms with E-state index in [1.54, 1.807) is 14.2 Å². The van der Waals surface area contributed by atoms with Crippen molar-refractivity contribution in [2.24, 2.45) is 0 Å². The van der Waals surface area contributed by atoms with Crippen molar-refractivity contribution in [2.75, 3.05) is 19.5 Å². The average molecular weight is 266 g/mol. The van der Waals surface area contributed by atoms with Gasteiger partial charge < -0.3 is 14.5 Å². The van der Waals surface area contributed by atoms with Crippen molar-refractivity contribution in [3.63, 3.8) is 0 Å². The zero-order chi connectivity index (χ0) is 13.1. The molecule has 0 aliphatic carbocycles. The number of hydrogen-bond donors (Lipinski definition) is 1. The highest BCUT2D eigenvalue weighted by Crippen LogP contribution is 2.36. The highest BCUT2D eigenvalue weighted by Gasteiger charge is 2.15. The van der Waals surface area contributed by atoms with E-state index in [0.717, 1.165) is 11.5 Å². The van der Waals surface area contributed by atoms with Crippen LogP contribution in [0.2, 0.25) is 0 Å². The second kappa shape index (κ2) is 5.26. The Morgan fingerprint density at radius 2 is 2.11 bits per heavy atom. The molecule has 2 rings (SSSR count). The van der Waals surface area contributed by atoms with Gasteiger partial charge in [0.2, 0.25) is 0 Å². The molecule has 0 saturated carbocycles. The van der Waals surface area contributed by atoms with Crippen molar-refractivity contribution >= 4 is 17.6 Å². The molecule has 2 aromatic rings. The summed E-state index contributed by atoms with van der Waals surface area (Å²) in [6.45, 7) is 3.78. The Morgan fingerprint density at radius 3 is 2.67 bits per heavy atom. The van der Waals surface area contributed by atoms with E-state index in [9.17, 15) is 0 Å². The zero-order valence-corrected chi connectivity index (χ0v) is 11.5. The van der Waals surface area contributed by atoms with E-state index in [-0.39, 0.29) is 0 Å². The maximum absolute atomic E-state index is 5.51. The number of aryl methyl sites for hydroxylation is 2. The monoisotopic (exact) mass is 266 g/mol. The maximum Gasteiger partial charge on any atom is 0.262 e. The van der Waals surface area contributed by atoms with E-state index >= 15 is 0 Å². The van der Waals surface area contributed by atoms with Crippen LogP contribution in [0.15, 0.2) is 21.0 Å². The van der Waals surface area contributed by atoms with Crippen molar-refractivity contribution in [1.82, 2.24) is 15.0 Å². The first-order chi connectivity index (χ1) is 8.65. The first kappa shape index (κ1) is 12.7. The Morgan fingerprint density at radius 1 is 1.33 bits per heavy atom. The summed E-state index contributed by atoms with van der Waals surface area (Å²) in [6.07, 6.45) is 1.47. The van der Waals surface area contributed by atoms with Gasteiger partial charge in [-0.15, -0.1) is 0 Å². The van der Waals surface area contributed by atoms with Gasteiger partial charge in [0.15, 0.2) is 16.6 Å². The summed E-state index contributed by atoms with van der Waals surface area (Å²) in [6, 6.07) is 0. The number of nitrogens with one attached hydrogen (secondary N) is 1. The lowest BCUT2D eigenvalue weighted by Gasteiger charge is -2.08. The predicted octanol–water partition coefficient (Wildman–Crippen LogP) is 2.28. The summed E-state index contributed by atoms with van der Waals surface area (Å²) in [4.78, 5) is 12.6. The van der Waals surface area contributed by atoms with E-state index in [2.05, 4.69) is 20.3 Å². The fourth-order valence-electron chi connectivity index (χ4n) is 1.36. The molecule has 2 aromatic heterocycles. The number of anilines is 1. The Balaban J connectivity index is 2.33. The first-order valence-corrected chi connectivity index (χ1v) is 6.16. The van der Waals surface area contributed by atoms with Crippen LogP contribution < -0.4 is 10.1 Å². The molecule has 0 spiro atoms. The van der Waals surface area contributed by atoms with Crippen LogP contribution in [0.5, 0.6) is 5.75 Å². The largest absolute Gasteiger partial charge is 0.490 e. The number of oxazole rings is 1. The van der Waals surface area contributed by atoms with Crippen molar-refractivity contribution in [2.45, 2.75) is 24.1 Å². The Labute approximate surface area is 109 Å². The van der Waals surface area contributed by atoms with Crippen LogP contribution in [-0.2, 0) is 0 Å². The molecule has 0 bridgehead atoms. The second-order valence-electron chi connectivity index (χ2n) is 3.53. The van der Waals surface area contributed by atoms with Crippen LogP contribution in [0.4, 0.5) is 5.82 Å². The Hall–Kier alpha value is -1.76. The quantitative estimate of drug-likeness (QED) is 0.851. The van der Waals surface area contributed by atoms with Gasteiger partial charge in [-0.1, -0.05) is 0 Å². The van der Waals surface area contributed by atoms with Gasteiger partial charge in [0.05, 0.1) is 12.8 Å². The molecule has 0 amide bonds. The molecule has 0 unspecified atom stereocenters. The Kier molecular flexibility index (Phi) is 3.71. The number of nitrogens with zero attached hydrogens (tertiary/aromatic N) is 3. The van der Waals surface area contributed by atoms with Gasteiger partial charge in [-0.25, -0.2) is 15.0 Å². The van der Waals surface area contributed by atoms with Crippen molar-refractivity contribution in [1.29, 1.82) is 0 Å². The molecule has 0 aromatic carbocycles. The third-order valence-electron chi connectivity index (χ3n) is 2.40. The fourth-order valence-corrected chi connectivity index (χ4v) is 2.25. The number of aromatic nitrogens is 3. The van der Waals surface area contributed by atoms with Gasteiger partial charge in [0.25, 0.3) is 5.22 Å². The normalized spacial score (nSPS) is 10.4. The highest BCUT2D eigenvalue weighted by molar-refractivity contribution is 7.99. The van der Waals surface area contributed by atoms with Gasteiger partial charge >= 0.3 is 0 Å². The van der Waals surface area contributed by atoms with Crippen LogP contribution in [0.3, 0.4) is 0 Å². The van der Waals surface area contributed by atoms with Crippen LogP contribution in [0.25, 0.3) is 0 Å². The molecule has 2 heterocycles. The summed E-state index contributed by atoms with van der Waals surface area (Å²) >= 11 is 1.31. The molecule has 18 heavy (non-hydrogen) atoms. The lowest BCUT2D eigenvalue weighted by molar-refractivity contribution is 0.398. The summed E-state index contributed by atoms with van der Waals surface area (Å²) in [5.41, 5.74) is 0.874. The van der Waals surface area contributed by atoms with E-state index in [0.29, 0.717) is 21.8 Å². The zero-order valence-electron chi connectivity index (χ0n) is 10.6. The van der Waals surface area contributed by atoms with Gasteiger partial charge in [0, 0.05) is 7.05 Å². The third kappa shape index (κ3) is 2.40. The summed E-state index contributed by atoms with van der Waals surface area (Å²) in [5.74, 6) is 2.02.